The molecule has 0 spiro atoms. The minimum absolute atomic E-state index is 0.809. The number of halogens is 1. The zero-order valence-corrected chi connectivity index (χ0v) is 17.3. The maximum atomic E-state index is 6.06. The molecule has 0 amide bonds. The van der Waals surface area contributed by atoms with Crippen LogP contribution in [0, 0.1) is 0 Å². The second kappa shape index (κ2) is 17.1. The molecule has 0 saturated heterocycles. The van der Waals surface area contributed by atoms with Gasteiger partial charge in [0.15, 0.2) is 0 Å². The smallest absolute Gasteiger partial charge is 0.0922 e. The van der Waals surface area contributed by atoms with Gasteiger partial charge in [0.1, 0.15) is 0 Å². The van der Waals surface area contributed by atoms with Gasteiger partial charge in [-0.05, 0) is 25.7 Å². The number of hydrogen-bond acceptors (Lipinski definition) is 0. The lowest BCUT2D eigenvalue weighted by atomic mass is 10.1. The van der Waals surface area contributed by atoms with E-state index in [1.165, 1.54) is 107 Å². The van der Waals surface area contributed by atoms with E-state index in [1.54, 1.807) is 0 Å². The molecule has 0 aliphatic carbocycles. The van der Waals surface area contributed by atoms with Crippen LogP contribution in [0.5, 0.6) is 0 Å². The Balaban J connectivity index is 3.69. The first-order valence-corrected chi connectivity index (χ1v) is 11.1. The molecule has 0 bridgehead atoms. The Morgan fingerprint density at radius 3 is 1.22 bits per heavy atom. The first kappa shape index (κ1) is 23.2. The lowest BCUT2D eigenvalue weighted by molar-refractivity contribution is -0.907. The van der Waals surface area contributed by atoms with Crippen LogP contribution in [-0.2, 0) is 0 Å². The molecule has 2 heteroatoms. The third kappa shape index (κ3) is 15.5. The third-order valence-electron chi connectivity index (χ3n) is 5.23. The summed E-state index contributed by atoms with van der Waals surface area (Å²) in [6.07, 6.45) is 19.7. The molecule has 0 aromatic heterocycles. The number of alkyl halides is 1. The van der Waals surface area contributed by atoms with Gasteiger partial charge in [-0.25, -0.2) is 0 Å². The standard InChI is InChI=1S/C21H45ClN/c1-4-6-8-10-12-14-16-19-23(3,21-18-22)20-17-15-13-11-9-7-5-2/h4-21H2,1-3H3/q+1. The molecule has 23 heavy (non-hydrogen) atoms. The summed E-state index contributed by atoms with van der Waals surface area (Å²) in [6.45, 7) is 8.39. The average molecular weight is 347 g/mol. The molecule has 0 radical (unpaired) electrons. The average Bonchev–Trinajstić information content (AvgIpc) is 2.53. The molecule has 0 aliphatic heterocycles. The van der Waals surface area contributed by atoms with Gasteiger partial charge in [0.05, 0.1) is 32.6 Å². The highest BCUT2D eigenvalue weighted by Crippen LogP contribution is 2.14. The summed E-state index contributed by atoms with van der Waals surface area (Å²) >= 11 is 6.06. The fourth-order valence-corrected chi connectivity index (χ4v) is 3.85. The largest absolute Gasteiger partial charge is 0.325 e. The van der Waals surface area contributed by atoms with Crippen molar-refractivity contribution in [1.82, 2.24) is 0 Å². The molecule has 0 unspecified atom stereocenters. The number of unbranched alkanes of at least 4 members (excludes halogenated alkanes) is 12. The van der Waals surface area contributed by atoms with Gasteiger partial charge in [-0.15, -0.1) is 11.6 Å². The third-order valence-corrected chi connectivity index (χ3v) is 5.40. The van der Waals surface area contributed by atoms with Crippen LogP contribution in [0.1, 0.15) is 104 Å². The summed E-state index contributed by atoms with van der Waals surface area (Å²) in [6, 6.07) is 0. The highest BCUT2D eigenvalue weighted by atomic mass is 35.5. The van der Waals surface area contributed by atoms with E-state index in [0.29, 0.717) is 0 Å². The van der Waals surface area contributed by atoms with Crippen LogP contribution in [0.15, 0.2) is 0 Å². The van der Waals surface area contributed by atoms with Crippen LogP contribution >= 0.6 is 11.6 Å². The van der Waals surface area contributed by atoms with E-state index in [9.17, 15) is 0 Å². The second-order valence-corrected chi connectivity index (χ2v) is 8.10. The van der Waals surface area contributed by atoms with Gasteiger partial charge >= 0.3 is 0 Å². The molecule has 0 aliphatic rings. The van der Waals surface area contributed by atoms with Gasteiger partial charge in [0, 0.05) is 0 Å². The fourth-order valence-electron chi connectivity index (χ4n) is 3.44. The van der Waals surface area contributed by atoms with Crippen molar-refractivity contribution in [2.75, 3.05) is 32.6 Å². The van der Waals surface area contributed by atoms with Crippen molar-refractivity contribution in [3.05, 3.63) is 0 Å². The summed E-state index contributed by atoms with van der Waals surface area (Å²) < 4.78 is 1.20. The van der Waals surface area contributed by atoms with Crippen molar-refractivity contribution in [2.24, 2.45) is 0 Å². The number of quaternary nitrogens is 1. The predicted molar refractivity (Wildman–Crippen MR) is 107 cm³/mol. The van der Waals surface area contributed by atoms with E-state index in [1.807, 2.05) is 0 Å². The summed E-state index contributed by atoms with van der Waals surface area (Å²) in [5, 5.41) is 0. The van der Waals surface area contributed by atoms with Gasteiger partial charge in [-0.2, -0.15) is 0 Å². The van der Waals surface area contributed by atoms with Gasteiger partial charge in [-0.1, -0.05) is 78.1 Å². The second-order valence-electron chi connectivity index (χ2n) is 7.72. The van der Waals surface area contributed by atoms with Gasteiger partial charge < -0.3 is 4.48 Å². The predicted octanol–water partition coefficient (Wildman–Crippen LogP) is 7.17. The van der Waals surface area contributed by atoms with E-state index >= 15 is 0 Å². The lowest BCUT2D eigenvalue weighted by Gasteiger charge is -2.34. The molecule has 0 rings (SSSR count). The Bertz CT molecular complexity index is 212. The van der Waals surface area contributed by atoms with Crippen molar-refractivity contribution < 1.29 is 4.48 Å². The Kier molecular flexibility index (Phi) is 17.3. The lowest BCUT2D eigenvalue weighted by Crippen LogP contribution is -2.47. The maximum absolute atomic E-state index is 6.06. The molecule has 0 aromatic rings. The first-order chi connectivity index (χ1) is 11.2. The van der Waals surface area contributed by atoms with Crippen molar-refractivity contribution in [1.29, 1.82) is 0 Å². The fraction of sp³-hybridized carbons (Fsp3) is 1.00. The van der Waals surface area contributed by atoms with Crippen molar-refractivity contribution in [2.45, 2.75) is 104 Å². The van der Waals surface area contributed by atoms with Crippen LogP contribution in [0.4, 0.5) is 0 Å². The molecule has 0 atom stereocenters. The van der Waals surface area contributed by atoms with E-state index in [-0.39, 0.29) is 0 Å². The zero-order valence-electron chi connectivity index (χ0n) is 16.6. The molecular weight excluding hydrogens is 302 g/mol. The Hall–Kier alpha value is 0.250. The summed E-state index contributed by atoms with van der Waals surface area (Å²) in [5.74, 6) is 0.809. The number of rotatable bonds is 18. The van der Waals surface area contributed by atoms with Crippen molar-refractivity contribution in [3.63, 3.8) is 0 Å². The SMILES string of the molecule is CCCCCCCCC[N+](C)(CCCl)CCCCCCCCC. The molecule has 0 saturated carbocycles. The normalized spacial score (nSPS) is 12.0. The van der Waals surface area contributed by atoms with Crippen LogP contribution in [0.2, 0.25) is 0 Å². The summed E-state index contributed by atoms with van der Waals surface area (Å²) in [4.78, 5) is 0. The highest BCUT2D eigenvalue weighted by Gasteiger charge is 2.19. The first-order valence-electron chi connectivity index (χ1n) is 10.6. The van der Waals surface area contributed by atoms with E-state index < -0.39 is 0 Å². The van der Waals surface area contributed by atoms with E-state index in [0.717, 1.165) is 12.4 Å². The maximum Gasteiger partial charge on any atom is 0.0922 e. The molecule has 140 valence electrons. The van der Waals surface area contributed by atoms with Crippen molar-refractivity contribution >= 4 is 11.6 Å². The monoisotopic (exact) mass is 346 g/mol. The summed E-state index contributed by atoms with van der Waals surface area (Å²) in [5.41, 5.74) is 0. The Morgan fingerprint density at radius 2 is 0.870 bits per heavy atom. The Morgan fingerprint density at radius 1 is 0.522 bits per heavy atom. The molecule has 0 aromatic carbocycles. The van der Waals surface area contributed by atoms with Crippen LogP contribution in [-0.4, -0.2) is 37.0 Å². The van der Waals surface area contributed by atoms with Crippen LogP contribution in [0.25, 0.3) is 0 Å². The van der Waals surface area contributed by atoms with E-state index in [2.05, 4.69) is 20.9 Å². The Labute approximate surface area is 152 Å². The van der Waals surface area contributed by atoms with Gasteiger partial charge in [0.2, 0.25) is 0 Å². The van der Waals surface area contributed by atoms with Gasteiger partial charge in [-0.3, -0.25) is 0 Å². The minimum Gasteiger partial charge on any atom is -0.325 e. The molecule has 0 N–H and O–H groups in total. The van der Waals surface area contributed by atoms with Crippen molar-refractivity contribution in [3.8, 4) is 0 Å². The minimum atomic E-state index is 0.809. The summed E-state index contributed by atoms with van der Waals surface area (Å²) in [7, 11) is 2.43. The zero-order chi connectivity index (χ0) is 17.2. The molecule has 1 nitrogen and oxygen atoms in total. The van der Waals surface area contributed by atoms with Crippen LogP contribution < -0.4 is 0 Å². The number of hydrogen-bond donors (Lipinski definition) is 0. The quantitative estimate of drug-likeness (QED) is 0.140. The van der Waals surface area contributed by atoms with E-state index in [4.69, 9.17) is 11.6 Å². The topological polar surface area (TPSA) is 0 Å². The highest BCUT2D eigenvalue weighted by molar-refractivity contribution is 6.17. The molecular formula is C21H45ClN+. The van der Waals surface area contributed by atoms with Gasteiger partial charge in [0.25, 0.3) is 0 Å². The molecule has 0 fully saturated rings. The molecule has 0 heterocycles. The van der Waals surface area contributed by atoms with Crippen LogP contribution in [0.3, 0.4) is 0 Å². The number of nitrogens with zero attached hydrogens (tertiary/aromatic N) is 1.